The van der Waals surface area contributed by atoms with Crippen LogP contribution in [0.15, 0.2) is 83.3 Å². The van der Waals surface area contributed by atoms with Gasteiger partial charge in [0.1, 0.15) is 34.5 Å². The van der Waals surface area contributed by atoms with Crippen LogP contribution in [0.2, 0.25) is 0 Å². The molecule has 2 aliphatic rings. The lowest BCUT2D eigenvalue weighted by atomic mass is 9.96. The fourth-order valence-corrected chi connectivity index (χ4v) is 7.13. The van der Waals surface area contributed by atoms with Crippen molar-refractivity contribution in [3.8, 4) is 23.3 Å². The van der Waals surface area contributed by atoms with Crippen LogP contribution < -0.4 is 16.2 Å². The summed E-state index contributed by atoms with van der Waals surface area (Å²) < 4.78 is 14.7. The number of nitriles is 1. The molecule has 4 heterocycles. The molecule has 244 valence electrons. The lowest BCUT2D eigenvalue weighted by Crippen LogP contribution is -2.48. The van der Waals surface area contributed by atoms with Gasteiger partial charge in [0.25, 0.3) is 5.91 Å². The number of aromatic nitrogens is 3. The Morgan fingerprint density at radius 1 is 1.06 bits per heavy atom. The predicted molar refractivity (Wildman–Crippen MR) is 180 cm³/mol. The van der Waals surface area contributed by atoms with Gasteiger partial charge in [-0.2, -0.15) is 5.26 Å². The molecule has 2 aromatic heterocycles. The molecule has 11 heteroatoms. The molecule has 2 saturated heterocycles. The van der Waals surface area contributed by atoms with Crippen molar-refractivity contribution >= 4 is 22.8 Å². The maximum Gasteiger partial charge on any atom is 0.334 e. The second-order valence-corrected chi connectivity index (χ2v) is 12.8. The molecule has 0 aliphatic carbocycles. The monoisotopic (exact) mass is 635 g/mol. The van der Waals surface area contributed by atoms with Gasteiger partial charge in [0.2, 0.25) is 0 Å². The number of hydrogen-bond acceptors (Lipinski definition) is 8. The van der Waals surface area contributed by atoms with Gasteiger partial charge in [0.05, 0.1) is 23.9 Å². The number of fused-ring (bicyclic) bond motifs is 1. The number of carbonyl (C=O) groups excluding carboxylic acids is 1. The number of anilines is 1. The van der Waals surface area contributed by atoms with Gasteiger partial charge < -0.3 is 20.1 Å². The Bertz CT molecular complexity index is 1870. The van der Waals surface area contributed by atoms with Gasteiger partial charge in [-0.05, 0) is 94.6 Å². The summed E-state index contributed by atoms with van der Waals surface area (Å²) >= 11 is 0. The van der Waals surface area contributed by atoms with Gasteiger partial charge >= 0.3 is 5.69 Å². The van der Waals surface area contributed by atoms with E-state index in [9.17, 15) is 14.9 Å². The fraction of sp³-hybridized carbons (Fsp3) is 0.389. The van der Waals surface area contributed by atoms with Crippen LogP contribution in [0, 0.1) is 11.3 Å². The van der Waals surface area contributed by atoms with E-state index in [1.54, 1.807) is 39.5 Å². The molecule has 2 fully saturated rings. The first kappa shape index (κ1) is 32.0. The number of carbonyl (C=O) groups is 1. The quantitative estimate of drug-likeness (QED) is 0.199. The molecular formula is C36H41N7O4. The number of nitrogens with zero attached hydrogens (tertiary/aromatic N) is 6. The van der Waals surface area contributed by atoms with Crippen LogP contribution in [0.1, 0.15) is 45.6 Å². The van der Waals surface area contributed by atoms with E-state index in [-0.39, 0.29) is 35.1 Å². The van der Waals surface area contributed by atoms with Crippen molar-refractivity contribution in [2.45, 2.75) is 57.2 Å². The van der Waals surface area contributed by atoms with Gasteiger partial charge in [-0.1, -0.05) is 18.2 Å². The Morgan fingerprint density at radius 2 is 1.79 bits per heavy atom. The highest BCUT2D eigenvalue weighted by Crippen LogP contribution is 2.32. The SMILES string of the molecule is COC[C@@H]1CCCN1C(C)(C)/C=C(/C#N)C(=O)N1CCC[C@@H](n2c(=O)n(-c3ccc(Oc4ccccc4)cc3)c3c(N)nccc32)C1. The number of imidazole rings is 1. The Morgan fingerprint density at radius 3 is 2.51 bits per heavy atom. The number of nitrogens with two attached hydrogens (primary N) is 1. The number of para-hydroxylation sites is 1. The Kier molecular flexibility index (Phi) is 9.16. The number of ether oxygens (including phenoxy) is 2. The number of benzene rings is 2. The summed E-state index contributed by atoms with van der Waals surface area (Å²) in [6, 6.07) is 20.6. The Hall–Kier alpha value is -4.92. The number of rotatable bonds is 9. The summed E-state index contributed by atoms with van der Waals surface area (Å²) in [4.78, 5) is 36.4. The summed E-state index contributed by atoms with van der Waals surface area (Å²) in [7, 11) is 1.70. The zero-order valence-electron chi connectivity index (χ0n) is 27.1. The van der Waals surface area contributed by atoms with E-state index in [1.807, 2.05) is 68.4 Å². The summed E-state index contributed by atoms with van der Waals surface area (Å²) in [5.41, 5.74) is 7.48. The van der Waals surface area contributed by atoms with E-state index in [0.717, 1.165) is 19.4 Å². The number of nitrogen functional groups attached to an aromatic ring is 1. The minimum absolute atomic E-state index is 0.111. The molecule has 11 nitrogen and oxygen atoms in total. The third-order valence-corrected chi connectivity index (χ3v) is 9.26. The van der Waals surface area contributed by atoms with Crippen molar-refractivity contribution in [2.75, 3.05) is 39.1 Å². The van der Waals surface area contributed by atoms with Crippen LogP contribution >= 0.6 is 0 Å². The molecule has 47 heavy (non-hydrogen) atoms. The van der Waals surface area contributed by atoms with Gasteiger partial charge in [-0.3, -0.25) is 18.8 Å². The molecule has 1 amide bonds. The molecule has 0 spiro atoms. The van der Waals surface area contributed by atoms with Crippen molar-refractivity contribution in [3.63, 3.8) is 0 Å². The third kappa shape index (κ3) is 6.39. The number of piperidine rings is 1. The molecule has 4 aromatic rings. The number of amides is 1. The van der Waals surface area contributed by atoms with Crippen LogP contribution in [0.4, 0.5) is 5.82 Å². The average molecular weight is 636 g/mol. The van der Waals surface area contributed by atoms with Crippen LogP contribution in [-0.2, 0) is 9.53 Å². The standard InChI is InChI=1S/C36H41N7O4/c1-36(2,41-20-8-10-28(41)24-46-3)21-25(22-37)34(44)40-19-7-9-27(23-40)42-31-17-18-39-33(38)32(31)43(35(42)45)26-13-15-30(16-14-26)47-29-11-5-4-6-12-29/h4-6,11-18,21,27-28H,7-10,19-20,23-24H2,1-3H3,(H2,38,39)/b25-21-/t27-,28+/m1/s1. The summed E-state index contributed by atoms with van der Waals surface area (Å²) in [6.45, 7) is 6.36. The maximum absolute atomic E-state index is 14.2. The number of likely N-dealkylation sites (tertiary alicyclic amines) is 2. The van der Waals surface area contributed by atoms with Crippen molar-refractivity contribution in [3.05, 3.63) is 89.0 Å². The zero-order chi connectivity index (χ0) is 33.1. The summed E-state index contributed by atoms with van der Waals surface area (Å²) in [6.07, 6.45) is 6.83. The van der Waals surface area contributed by atoms with Gasteiger partial charge in [-0.15, -0.1) is 0 Å². The molecule has 2 atom stereocenters. The lowest BCUT2D eigenvalue weighted by molar-refractivity contribution is -0.128. The van der Waals surface area contributed by atoms with Crippen LogP contribution in [0.3, 0.4) is 0 Å². The van der Waals surface area contributed by atoms with Gasteiger partial charge in [-0.25, -0.2) is 9.78 Å². The maximum atomic E-state index is 14.2. The lowest BCUT2D eigenvalue weighted by Gasteiger charge is -2.38. The minimum atomic E-state index is -0.508. The van der Waals surface area contributed by atoms with Crippen LogP contribution in [0.25, 0.3) is 16.7 Å². The molecule has 0 saturated carbocycles. The van der Waals surface area contributed by atoms with E-state index < -0.39 is 5.54 Å². The normalized spacial score (nSPS) is 19.2. The highest BCUT2D eigenvalue weighted by Gasteiger charge is 2.37. The predicted octanol–water partition coefficient (Wildman–Crippen LogP) is 5.06. The molecule has 6 rings (SSSR count). The van der Waals surface area contributed by atoms with E-state index >= 15 is 0 Å². The summed E-state index contributed by atoms with van der Waals surface area (Å²) in [5.74, 6) is 1.26. The van der Waals surface area contributed by atoms with Crippen molar-refractivity contribution < 1.29 is 14.3 Å². The van der Waals surface area contributed by atoms with E-state index in [0.29, 0.717) is 60.8 Å². The first-order valence-electron chi connectivity index (χ1n) is 16.1. The van der Waals surface area contributed by atoms with Crippen molar-refractivity contribution in [2.24, 2.45) is 0 Å². The van der Waals surface area contributed by atoms with Crippen molar-refractivity contribution in [1.82, 2.24) is 23.9 Å². The minimum Gasteiger partial charge on any atom is -0.457 e. The second-order valence-electron chi connectivity index (χ2n) is 12.8. The van der Waals surface area contributed by atoms with Crippen LogP contribution in [-0.4, -0.2) is 74.8 Å². The fourth-order valence-electron chi connectivity index (χ4n) is 7.13. The zero-order valence-corrected chi connectivity index (χ0v) is 27.1. The van der Waals surface area contributed by atoms with Gasteiger partial charge in [0.15, 0.2) is 0 Å². The molecule has 2 aromatic carbocycles. The topological polar surface area (TPSA) is 132 Å². The first-order chi connectivity index (χ1) is 22.7. The molecule has 2 aliphatic heterocycles. The molecule has 2 N–H and O–H groups in total. The van der Waals surface area contributed by atoms with Gasteiger partial charge in [0, 0.05) is 38.0 Å². The highest BCUT2D eigenvalue weighted by molar-refractivity contribution is 5.97. The Balaban J connectivity index is 1.29. The Labute approximate surface area is 274 Å². The molecular weight excluding hydrogens is 594 g/mol. The average Bonchev–Trinajstić information content (AvgIpc) is 3.67. The molecule has 0 radical (unpaired) electrons. The number of hydrogen-bond donors (Lipinski definition) is 1. The number of pyridine rings is 1. The van der Waals surface area contributed by atoms with E-state index in [4.69, 9.17) is 15.2 Å². The van der Waals surface area contributed by atoms with E-state index in [1.165, 1.54) is 0 Å². The largest absolute Gasteiger partial charge is 0.457 e. The molecule has 0 bridgehead atoms. The molecule has 0 unspecified atom stereocenters. The first-order valence-corrected chi connectivity index (χ1v) is 16.1. The van der Waals surface area contributed by atoms with E-state index in [2.05, 4.69) is 16.0 Å². The van der Waals surface area contributed by atoms with Crippen LogP contribution in [0.5, 0.6) is 11.5 Å². The van der Waals surface area contributed by atoms with Crippen molar-refractivity contribution in [1.29, 1.82) is 5.26 Å². The smallest absolute Gasteiger partial charge is 0.334 e. The number of methoxy groups -OCH3 is 1. The summed E-state index contributed by atoms with van der Waals surface area (Å²) in [5, 5.41) is 10.1. The third-order valence-electron chi connectivity index (χ3n) is 9.26. The second kappa shape index (κ2) is 13.4. The highest BCUT2D eigenvalue weighted by atomic mass is 16.5.